The van der Waals surface area contributed by atoms with E-state index in [-0.39, 0.29) is 17.1 Å². The highest BCUT2D eigenvalue weighted by atomic mass is 32.2. The highest BCUT2D eigenvalue weighted by Crippen LogP contribution is 2.34. The summed E-state index contributed by atoms with van der Waals surface area (Å²) in [4.78, 5) is 35.9. The molecule has 1 aliphatic rings. The summed E-state index contributed by atoms with van der Waals surface area (Å²) in [5.74, 6) is 0.957. The van der Waals surface area contributed by atoms with E-state index in [9.17, 15) is 9.59 Å². The number of aryl methyl sites for hydroxylation is 1. The van der Waals surface area contributed by atoms with E-state index in [0.717, 1.165) is 41.2 Å². The Morgan fingerprint density at radius 2 is 1.89 bits per heavy atom. The quantitative estimate of drug-likeness (QED) is 0.197. The number of carbonyl (C=O) groups excluding carboxylic acids is 1. The number of benzene rings is 2. The summed E-state index contributed by atoms with van der Waals surface area (Å²) in [6, 6.07) is 15.0. The zero-order valence-corrected chi connectivity index (χ0v) is 21.7. The fourth-order valence-electron chi connectivity index (χ4n) is 4.29. The average Bonchev–Trinajstić information content (AvgIpc) is 3.21. The fraction of sp³-hybridized carbons (Fsp3) is 0.296. The van der Waals surface area contributed by atoms with Crippen LogP contribution in [0.25, 0.3) is 15.9 Å². The average molecular weight is 506 g/mol. The Morgan fingerprint density at radius 1 is 1.14 bits per heavy atom. The highest BCUT2D eigenvalue weighted by molar-refractivity contribution is 7.99. The van der Waals surface area contributed by atoms with Crippen molar-refractivity contribution < 1.29 is 9.53 Å². The third-order valence-electron chi connectivity index (χ3n) is 6.15. The molecule has 2 aromatic carbocycles. The first-order valence-electron chi connectivity index (χ1n) is 11.7. The van der Waals surface area contributed by atoms with Crippen LogP contribution in [-0.4, -0.2) is 46.2 Å². The summed E-state index contributed by atoms with van der Waals surface area (Å²) in [5.41, 5.74) is 3.52. The van der Waals surface area contributed by atoms with E-state index in [2.05, 4.69) is 11.9 Å². The number of thioether (sulfide) groups is 1. The molecular weight excluding hydrogens is 478 g/mol. The molecule has 0 aliphatic carbocycles. The summed E-state index contributed by atoms with van der Waals surface area (Å²) in [6.07, 6.45) is 0.838. The number of likely N-dealkylation sites (N-methyl/N-ethyl adjacent to an activating group) is 1. The van der Waals surface area contributed by atoms with Gasteiger partial charge in [0.05, 0.1) is 23.4 Å². The Kier molecular flexibility index (Phi) is 6.77. The molecule has 4 aromatic rings. The monoisotopic (exact) mass is 505 g/mol. The van der Waals surface area contributed by atoms with Crippen molar-refractivity contribution in [2.45, 2.75) is 32.0 Å². The number of hydrogen-bond donors (Lipinski definition) is 0. The van der Waals surface area contributed by atoms with E-state index < -0.39 is 0 Å². The summed E-state index contributed by atoms with van der Waals surface area (Å²) in [6.45, 7) is 6.25. The lowest BCUT2D eigenvalue weighted by atomic mass is 10.1. The summed E-state index contributed by atoms with van der Waals surface area (Å²) in [5, 5.41) is 1.24. The van der Waals surface area contributed by atoms with Crippen LogP contribution < -0.4 is 10.3 Å². The second kappa shape index (κ2) is 9.97. The Balaban J connectivity index is 1.58. The lowest BCUT2D eigenvalue weighted by Gasteiger charge is -2.21. The molecule has 2 aromatic heterocycles. The Labute approximate surface area is 212 Å². The predicted octanol–water partition coefficient (Wildman–Crippen LogP) is 5.12. The number of nitrogens with zero attached hydrogens (tertiary/aromatic N) is 3. The molecule has 0 fully saturated rings. The van der Waals surface area contributed by atoms with Gasteiger partial charge in [-0.05, 0) is 57.1 Å². The van der Waals surface area contributed by atoms with E-state index in [1.807, 2.05) is 62.4 Å². The number of hydrogen-bond acceptors (Lipinski definition) is 7. The molecule has 0 unspecified atom stereocenters. The maximum atomic E-state index is 13.9. The van der Waals surface area contributed by atoms with Crippen LogP contribution in [-0.2, 0) is 13.0 Å². The van der Waals surface area contributed by atoms with Gasteiger partial charge in [-0.2, -0.15) is 0 Å². The van der Waals surface area contributed by atoms with Crippen molar-refractivity contribution in [1.29, 1.82) is 0 Å². The molecule has 0 saturated carbocycles. The van der Waals surface area contributed by atoms with Gasteiger partial charge in [0.1, 0.15) is 10.6 Å². The van der Waals surface area contributed by atoms with Gasteiger partial charge in [0.15, 0.2) is 10.9 Å². The van der Waals surface area contributed by atoms with Crippen LogP contribution in [0, 0.1) is 6.92 Å². The van der Waals surface area contributed by atoms with E-state index in [1.54, 1.807) is 15.9 Å². The third kappa shape index (κ3) is 4.78. The van der Waals surface area contributed by atoms with Gasteiger partial charge in [-0.15, -0.1) is 11.3 Å². The molecule has 0 spiro atoms. The molecule has 0 amide bonds. The molecule has 180 valence electrons. The largest absolute Gasteiger partial charge is 0.494 e. The zero-order chi connectivity index (χ0) is 24.5. The third-order valence-corrected chi connectivity index (χ3v) is 8.20. The summed E-state index contributed by atoms with van der Waals surface area (Å²) in [7, 11) is 2.09. The Morgan fingerprint density at radius 3 is 2.60 bits per heavy atom. The second-order valence-electron chi connectivity index (χ2n) is 8.71. The number of Topliss-reactive ketones (excluding diaryl/α,β-unsaturated/α-hetero) is 1. The number of carbonyl (C=O) groups is 1. The number of fused-ring (bicyclic) bond motifs is 3. The molecule has 1 aliphatic heterocycles. The first-order valence-corrected chi connectivity index (χ1v) is 13.5. The molecule has 0 bridgehead atoms. The number of ether oxygens (including phenoxy) is 1. The molecule has 0 saturated heterocycles. The Bertz CT molecular complexity index is 1440. The summed E-state index contributed by atoms with van der Waals surface area (Å²) >= 11 is 2.90. The van der Waals surface area contributed by atoms with Crippen molar-refractivity contribution in [3.63, 3.8) is 0 Å². The van der Waals surface area contributed by atoms with E-state index in [4.69, 9.17) is 9.72 Å². The van der Waals surface area contributed by atoms with Gasteiger partial charge in [-0.25, -0.2) is 4.98 Å². The Hall–Kier alpha value is -2.94. The van der Waals surface area contributed by atoms with Crippen molar-refractivity contribution >= 4 is 39.1 Å². The minimum Gasteiger partial charge on any atom is -0.494 e. The normalized spacial score (nSPS) is 13.7. The van der Waals surface area contributed by atoms with Gasteiger partial charge in [0, 0.05) is 23.5 Å². The zero-order valence-electron chi connectivity index (χ0n) is 20.0. The maximum absolute atomic E-state index is 13.9. The van der Waals surface area contributed by atoms with Crippen LogP contribution in [0.1, 0.15) is 33.3 Å². The number of ketones is 1. The van der Waals surface area contributed by atoms with Crippen molar-refractivity contribution in [3.8, 4) is 11.4 Å². The van der Waals surface area contributed by atoms with Gasteiger partial charge >= 0.3 is 0 Å². The minimum absolute atomic E-state index is 0.00897. The van der Waals surface area contributed by atoms with Crippen LogP contribution in [0.15, 0.2) is 58.5 Å². The molecule has 0 N–H and O–H groups in total. The van der Waals surface area contributed by atoms with E-state index in [0.29, 0.717) is 28.4 Å². The molecule has 0 atom stereocenters. The van der Waals surface area contributed by atoms with Crippen LogP contribution in [0.3, 0.4) is 0 Å². The van der Waals surface area contributed by atoms with Crippen molar-refractivity contribution in [3.05, 3.63) is 80.5 Å². The molecule has 35 heavy (non-hydrogen) atoms. The van der Waals surface area contributed by atoms with Gasteiger partial charge in [0.2, 0.25) is 0 Å². The van der Waals surface area contributed by atoms with Gasteiger partial charge < -0.3 is 9.64 Å². The first-order chi connectivity index (χ1) is 16.9. The van der Waals surface area contributed by atoms with Crippen LogP contribution in [0.5, 0.6) is 5.75 Å². The van der Waals surface area contributed by atoms with E-state index >= 15 is 0 Å². The molecule has 0 radical (unpaired) electrons. The molecule has 6 nitrogen and oxygen atoms in total. The minimum atomic E-state index is -0.0773. The standard InChI is InChI=1S/C27H27N3O3S2/c1-4-33-20-11-9-19(10-12-20)30-26(32)24-21-13-14-29(3)15-23(21)35-25(24)28-27(30)34-16-22(31)18-7-5-17(2)6-8-18/h5-12H,4,13-16H2,1-3H3. The first kappa shape index (κ1) is 23.8. The van der Waals surface area contributed by atoms with Crippen molar-refractivity contribution in [2.75, 3.05) is 26.0 Å². The van der Waals surface area contributed by atoms with Crippen LogP contribution >= 0.6 is 23.1 Å². The number of aromatic nitrogens is 2. The topological polar surface area (TPSA) is 64.4 Å². The number of thiophene rings is 1. The smallest absolute Gasteiger partial charge is 0.267 e. The molecule has 3 heterocycles. The highest BCUT2D eigenvalue weighted by Gasteiger charge is 2.25. The van der Waals surface area contributed by atoms with E-state index in [1.165, 1.54) is 16.6 Å². The second-order valence-corrected chi connectivity index (χ2v) is 10.7. The van der Waals surface area contributed by atoms with Crippen molar-refractivity contribution in [1.82, 2.24) is 14.5 Å². The molecule has 5 rings (SSSR count). The van der Waals surface area contributed by atoms with Crippen molar-refractivity contribution in [2.24, 2.45) is 0 Å². The van der Waals surface area contributed by atoms with Gasteiger partial charge in [0.25, 0.3) is 5.56 Å². The lowest BCUT2D eigenvalue weighted by Crippen LogP contribution is -2.27. The fourth-order valence-corrected chi connectivity index (χ4v) is 6.54. The maximum Gasteiger partial charge on any atom is 0.267 e. The predicted molar refractivity (Wildman–Crippen MR) is 143 cm³/mol. The SMILES string of the molecule is CCOc1ccc(-n2c(SCC(=O)c3ccc(C)cc3)nc3sc4c(c3c2=O)CCN(C)C4)cc1. The molecule has 8 heteroatoms. The van der Waals surface area contributed by atoms with Crippen LogP contribution in [0.2, 0.25) is 0 Å². The van der Waals surface area contributed by atoms with Gasteiger partial charge in [-0.1, -0.05) is 41.6 Å². The van der Waals surface area contributed by atoms with Gasteiger partial charge in [-0.3, -0.25) is 14.2 Å². The summed E-state index contributed by atoms with van der Waals surface area (Å²) < 4.78 is 7.23. The lowest BCUT2D eigenvalue weighted by molar-refractivity contribution is 0.102. The molecular formula is C27H27N3O3S2. The number of rotatable bonds is 7. The van der Waals surface area contributed by atoms with Crippen LogP contribution in [0.4, 0.5) is 0 Å².